The predicted octanol–water partition coefficient (Wildman–Crippen LogP) is 2.07. The molecule has 8 heteroatoms. The number of nitrogens with zero attached hydrogens (tertiary/aromatic N) is 3. The Bertz CT molecular complexity index is 1190. The van der Waals surface area contributed by atoms with Gasteiger partial charge in [-0.1, -0.05) is 12.1 Å². The third-order valence-electron chi connectivity index (χ3n) is 6.28. The lowest BCUT2D eigenvalue weighted by molar-refractivity contribution is 0.245. The molecule has 7 nitrogen and oxygen atoms in total. The highest BCUT2D eigenvalue weighted by Crippen LogP contribution is 2.34. The molecule has 158 valence electrons. The van der Waals surface area contributed by atoms with Crippen LogP contribution in [-0.2, 0) is 19.4 Å². The first kappa shape index (κ1) is 19.4. The third kappa shape index (κ3) is 3.33. The summed E-state index contributed by atoms with van der Waals surface area (Å²) < 4.78 is 6.88. The number of benzene rings is 1. The molecule has 1 saturated heterocycles. The molecule has 3 heterocycles. The van der Waals surface area contributed by atoms with E-state index in [0.29, 0.717) is 13.1 Å². The Morgan fingerprint density at radius 1 is 1.07 bits per heavy atom. The largest absolute Gasteiger partial charge is 0.495 e. The highest BCUT2D eigenvalue weighted by Gasteiger charge is 2.23. The number of nitrogens with one attached hydrogen (secondary N) is 1. The Hall–Kier alpha value is -2.58. The molecule has 1 N–H and O–H groups in total. The van der Waals surface area contributed by atoms with Gasteiger partial charge >= 0.3 is 5.69 Å². The minimum absolute atomic E-state index is 0.124. The number of methoxy groups -OCH3 is 1. The number of aromatic nitrogens is 2. The summed E-state index contributed by atoms with van der Waals surface area (Å²) in [7, 11) is 1.70. The molecule has 3 aromatic rings. The van der Waals surface area contributed by atoms with Crippen molar-refractivity contribution in [3.05, 3.63) is 55.5 Å². The lowest BCUT2D eigenvalue weighted by Gasteiger charge is -2.36. The Morgan fingerprint density at radius 2 is 1.87 bits per heavy atom. The highest BCUT2D eigenvalue weighted by molar-refractivity contribution is 7.18. The van der Waals surface area contributed by atoms with Crippen LogP contribution in [0.4, 0.5) is 5.69 Å². The SMILES string of the molecule is COc1ccccc1N1CCN(CCn2c(=O)[nH]c3sc4c(c3c2=O)CCC4)CC1. The van der Waals surface area contributed by atoms with Crippen molar-refractivity contribution in [3.63, 3.8) is 0 Å². The van der Waals surface area contributed by atoms with Crippen LogP contribution in [0.3, 0.4) is 0 Å². The second kappa shape index (κ2) is 7.92. The van der Waals surface area contributed by atoms with Gasteiger partial charge in [0.2, 0.25) is 0 Å². The zero-order chi connectivity index (χ0) is 20.7. The normalized spacial score (nSPS) is 16.9. The predicted molar refractivity (Wildman–Crippen MR) is 120 cm³/mol. The number of rotatable bonds is 5. The van der Waals surface area contributed by atoms with Crippen LogP contribution in [0, 0.1) is 0 Å². The Balaban J connectivity index is 1.28. The number of hydrogen-bond acceptors (Lipinski definition) is 6. The summed E-state index contributed by atoms with van der Waals surface area (Å²) in [5.41, 5.74) is 1.86. The van der Waals surface area contributed by atoms with Crippen LogP contribution in [0.2, 0.25) is 0 Å². The maximum atomic E-state index is 13.1. The first-order valence-corrected chi connectivity index (χ1v) is 11.3. The van der Waals surface area contributed by atoms with Crippen LogP contribution >= 0.6 is 11.3 Å². The Morgan fingerprint density at radius 3 is 2.67 bits per heavy atom. The number of hydrogen-bond donors (Lipinski definition) is 1. The average Bonchev–Trinajstić information content (AvgIpc) is 3.35. The van der Waals surface area contributed by atoms with Gasteiger partial charge in [0.1, 0.15) is 10.6 Å². The summed E-state index contributed by atoms with van der Waals surface area (Å²) in [5, 5.41) is 0.744. The maximum absolute atomic E-state index is 13.1. The van der Waals surface area contributed by atoms with Crippen molar-refractivity contribution in [2.75, 3.05) is 44.7 Å². The van der Waals surface area contributed by atoms with Gasteiger partial charge in [0.15, 0.2) is 0 Å². The van der Waals surface area contributed by atoms with Gasteiger partial charge in [-0.05, 0) is 37.0 Å². The van der Waals surface area contributed by atoms with Crippen LogP contribution in [0.25, 0.3) is 10.2 Å². The fourth-order valence-electron chi connectivity index (χ4n) is 4.66. The monoisotopic (exact) mass is 426 g/mol. The van der Waals surface area contributed by atoms with Crippen LogP contribution in [0.5, 0.6) is 5.75 Å². The zero-order valence-electron chi connectivity index (χ0n) is 17.1. The van der Waals surface area contributed by atoms with Crippen molar-refractivity contribution >= 4 is 27.2 Å². The van der Waals surface area contributed by atoms with Crippen molar-refractivity contribution in [1.82, 2.24) is 14.5 Å². The highest BCUT2D eigenvalue weighted by atomic mass is 32.1. The fraction of sp³-hybridized carbons (Fsp3) is 0.455. The van der Waals surface area contributed by atoms with Gasteiger partial charge in [-0.2, -0.15) is 0 Å². The van der Waals surface area contributed by atoms with E-state index in [1.807, 2.05) is 18.2 Å². The quantitative estimate of drug-likeness (QED) is 0.676. The summed E-state index contributed by atoms with van der Waals surface area (Å²) in [6, 6.07) is 8.08. The van der Waals surface area contributed by atoms with Gasteiger partial charge in [0, 0.05) is 44.1 Å². The first-order valence-electron chi connectivity index (χ1n) is 10.5. The molecule has 0 atom stereocenters. The number of anilines is 1. The number of thiophene rings is 1. The molecule has 2 aromatic heterocycles. The van der Waals surface area contributed by atoms with Crippen LogP contribution in [0.1, 0.15) is 16.9 Å². The standard InChI is InChI=1S/C22H26N4O3S/c1-29-17-7-3-2-6-16(17)25-12-9-24(10-13-25)11-14-26-21(27)19-15-5-4-8-18(15)30-20(19)23-22(26)28/h2-3,6-7H,4-5,8-14H2,1H3,(H,23,28). The molecule has 30 heavy (non-hydrogen) atoms. The minimum atomic E-state index is -0.292. The van der Waals surface area contributed by atoms with Gasteiger partial charge in [0.05, 0.1) is 18.2 Å². The fourth-order valence-corrected chi connectivity index (χ4v) is 5.93. The van der Waals surface area contributed by atoms with Gasteiger partial charge < -0.3 is 9.64 Å². The van der Waals surface area contributed by atoms with E-state index in [4.69, 9.17) is 4.74 Å². The van der Waals surface area contributed by atoms with E-state index >= 15 is 0 Å². The Labute approximate surface area is 178 Å². The van der Waals surface area contributed by atoms with E-state index in [0.717, 1.165) is 72.7 Å². The number of ether oxygens (including phenoxy) is 1. The molecular weight excluding hydrogens is 400 g/mol. The molecule has 0 unspecified atom stereocenters. The molecule has 1 aromatic carbocycles. The van der Waals surface area contributed by atoms with Crippen LogP contribution in [0.15, 0.2) is 33.9 Å². The Kier molecular flexibility index (Phi) is 5.12. The molecule has 1 aliphatic carbocycles. The molecule has 0 saturated carbocycles. The van der Waals surface area contributed by atoms with Crippen molar-refractivity contribution in [3.8, 4) is 5.75 Å². The van der Waals surface area contributed by atoms with E-state index in [1.165, 1.54) is 9.44 Å². The number of fused-ring (bicyclic) bond motifs is 3. The van der Waals surface area contributed by atoms with Crippen molar-refractivity contribution in [2.24, 2.45) is 0 Å². The van der Waals surface area contributed by atoms with E-state index in [-0.39, 0.29) is 11.2 Å². The molecular formula is C22H26N4O3S. The maximum Gasteiger partial charge on any atom is 0.329 e. The second-order valence-electron chi connectivity index (χ2n) is 7.95. The topological polar surface area (TPSA) is 70.6 Å². The van der Waals surface area contributed by atoms with E-state index in [2.05, 4.69) is 20.9 Å². The van der Waals surface area contributed by atoms with Crippen LogP contribution in [-0.4, -0.2) is 54.3 Å². The first-order chi connectivity index (χ1) is 14.7. The smallest absolute Gasteiger partial charge is 0.329 e. The molecule has 5 rings (SSSR count). The molecule has 2 aliphatic rings. The van der Waals surface area contributed by atoms with Gasteiger partial charge in [-0.15, -0.1) is 11.3 Å². The van der Waals surface area contributed by atoms with Gasteiger partial charge in [-0.3, -0.25) is 19.2 Å². The summed E-state index contributed by atoms with van der Waals surface area (Å²) in [6.45, 7) is 4.68. The molecule has 0 amide bonds. The lowest BCUT2D eigenvalue weighted by atomic mass is 10.2. The van der Waals surface area contributed by atoms with Crippen molar-refractivity contribution in [1.29, 1.82) is 0 Å². The molecule has 1 fully saturated rings. The number of H-pyrrole nitrogens is 1. The average molecular weight is 427 g/mol. The van der Waals surface area contributed by atoms with Crippen molar-refractivity contribution in [2.45, 2.75) is 25.8 Å². The van der Waals surface area contributed by atoms with Gasteiger partial charge in [-0.25, -0.2) is 4.79 Å². The molecule has 0 spiro atoms. The third-order valence-corrected chi connectivity index (χ3v) is 7.49. The summed E-state index contributed by atoms with van der Waals surface area (Å²) in [5.74, 6) is 0.889. The summed E-state index contributed by atoms with van der Waals surface area (Å²) >= 11 is 1.58. The van der Waals surface area contributed by atoms with E-state index in [9.17, 15) is 9.59 Å². The van der Waals surface area contributed by atoms with Gasteiger partial charge in [0.25, 0.3) is 5.56 Å². The number of aryl methyl sites for hydroxylation is 2. The van der Waals surface area contributed by atoms with E-state index < -0.39 is 0 Å². The minimum Gasteiger partial charge on any atom is -0.495 e. The number of para-hydroxylation sites is 2. The van der Waals surface area contributed by atoms with E-state index in [1.54, 1.807) is 18.4 Å². The number of piperazine rings is 1. The zero-order valence-corrected chi connectivity index (χ0v) is 18.0. The molecule has 0 bridgehead atoms. The summed E-state index contributed by atoms with van der Waals surface area (Å²) in [4.78, 5) is 35.2. The molecule has 0 radical (unpaired) electrons. The second-order valence-corrected chi connectivity index (χ2v) is 9.05. The molecule has 1 aliphatic heterocycles. The van der Waals surface area contributed by atoms with Crippen molar-refractivity contribution < 1.29 is 4.74 Å². The lowest BCUT2D eigenvalue weighted by Crippen LogP contribution is -2.48. The summed E-state index contributed by atoms with van der Waals surface area (Å²) in [6.07, 6.45) is 3.07. The van der Waals surface area contributed by atoms with Crippen LogP contribution < -0.4 is 20.9 Å². The number of aromatic amines is 1.